The number of anilines is 1. The van der Waals surface area contributed by atoms with Crippen LogP contribution in [0.15, 0.2) is 36.4 Å². The zero-order chi connectivity index (χ0) is 20.7. The molecule has 0 saturated heterocycles. The summed E-state index contributed by atoms with van der Waals surface area (Å²) in [6.07, 6.45) is 0. The number of hydrogen-bond donors (Lipinski definition) is 2. The summed E-state index contributed by atoms with van der Waals surface area (Å²) in [6.45, 7) is 0. The molecule has 0 aliphatic heterocycles. The van der Waals surface area contributed by atoms with Crippen LogP contribution in [0.3, 0.4) is 0 Å². The molecule has 2 heterocycles. The van der Waals surface area contributed by atoms with Crippen LogP contribution in [0.1, 0.15) is 9.67 Å². The summed E-state index contributed by atoms with van der Waals surface area (Å²) in [5.41, 5.74) is 0.560. The minimum absolute atomic E-state index is 0.0249. The van der Waals surface area contributed by atoms with Gasteiger partial charge in [0.05, 0.1) is 20.2 Å². The average Bonchev–Trinajstić information content (AvgIpc) is 3.20. The summed E-state index contributed by atoms with van der Waals surface area (Å²) in [5, 5.41) is 18.3. The molecular weight excluding hydrogens is 475 g/mol. The van der Waals surface area contributed by atoms with Gasteiger partial charge in [0.2, 0.25) is 0 Å². The molecule has 0 aliphatic rings. The van der Waals surface area contributed by atoms with Crippen LogP contribution in [0.5, 0.6) is 0 Å². The van der Waals surface area contributed by atoms with Crippen molar-refractivity contribution in [3.05, 3.63) is 61.4 Å². The van der Waals surface area contributed by atoms with Crippen molar-refractivity contribution in [1.82, 2.24) is 10.3 Å². The van der Waals surface area contributed by atoms with Gasteiger partial charge in [-0.1, -0.05) is 40.6 Å². The first-order valence-corrected chi connectivity index (χ1v) is 10.7. The van der Waals surface area contributed by atoms with Crippen LogP contribution in [0.25, 0.3) is 20.3 Å². The van der Waals surface area contributed by atoms with E-state index < -0.39 is 10.8 Å². The molecule has 0 unspecified atom stereocenters. The number of amides is 1. The first kappa shape index (κ1) is 19.9. The van der Waals surface area contributed by atoms with Gasteiger partial charge >= 0.3 is 0 Å². The van der Waals surface area contributed by atoms with E-state index in [9.17, 15) is 14.9 Å². The molecule has 0 atom stereocenters. The lowest BCUT2D eigenvalue weighted by Crippen LogP contribution is -2.33. The first-order chi connectivity index (χ1) is 13.8. The van der Waals surface area contributed by atoms with Gasteiger partial charge in [-0.05, 0) is 30.4 Å². The van der Waals surface area contributed by atoms with Crippen LogP contribution in [-0.2, 0) is 0 Å². The molecule has 146 valence electrons. The smallest absolute Gasteiger partial charge is 0.270 e. The third-order valence-electron chi connectivity index (χ3n) is 3.83. The number of thiazole rings is 1. The van der Waals surface area contributed by atoms with Crippen LogP contribution in [-0.4, -0.2) is 20.9 Å². The molecule has 2 aromatic carbocycles. The van der Waals surface area contributed by atoms with Gasteiger partial charge in [-0.15, -0.1) is 11.3 Å². The SMILES string of the molecule is O=C(NC(=S)Nc1nc2ccc([N+](=O)[O-])cc2s1)c1sc2cc(Cl)ccc2c1Cl. The number of nitrogens with one attached hydrogen (secondary N) is 2. The number of aromatic nitrogens is 1. The van der Waals surface area contributed by atoms with Gasteiger partial charge < -0.3 is 5.32 Å². The van der Waals surface area contributed by atoms with E-state index in [1.807, 2.05) is 0 Å². The third kappa shape index (κ3) is 4.02. The van der Waals surface area contributed by atoms with Crippen LogP contribution in [0.2, 0.25) is 10.0 Å². The quantitative estimate of drug-likeness (QED) is 0.216. The first-order valence-electron chi connectivity index (χ1n) is 7.86. The van der Waals surface area contributed by atoms with Crippen molar-refractivity contribution in [2.24, 2.45) is 0 Å². The third-order valence-corrected chi connectivity index (χ3v) is 6.86. The number of nitrogens with zero attached hydrogens (tertiary/aromatic N) is 2. The van der Waals surface area contributed by atoms with Crippen molar-refractivity contribution in [3.8, 4) is 0 Å². The number of carbonyl (C=O) groups excluding carboxylic acids is 1. The van der Waals surface area contributed by atoms with Crippen LogP contribution < -0.4 is 10.6 Å². The molecule has 7 nitrogen and oxygen atoms in total. The highest BCUT2D eigenvalue weighted by molar-refractivity contribution is 7.80. The Balaban J connectivity index is 1.51. The lowest BCUT2D eigenvalue weighted by Gasteiger charge is -2.06. The highest BCUT2D eigenvalue weighted by atomic mass is 35.5. The number of halogens is 2. The van der Waals surface area contributed by atoms with Gasteiger partial charge in [-0.25, -0.2) is 4.98 Å². The standard InChI is InChI=1S/C17H8Cl2N4O3S3/c18-7-1-3-9-11(5-7)28-14(13(9)19)15(24)21-16(27)22-17-20-10-4-2-8(23(25)26)6-12(10)29-17/h1-6H,(H2,20,21,22,24,27). The Hall–Kier alpha value is -2.37. The molecule has 0 radical (unpaired) electrons. The summed E-state index contributed by atoms with van der Waals surface area (Å²) in [5.74, 6) is -0.457. The molecule has 4 rings (SSSR count). The fourth-order valence-electron chi connectivity index (χ4n) is 2.55. The number of rotatable bonds is 3. The number of benzene rings is 2. The Labute approximate surface area is 186 Å². The van der Waals surface area contributed by atoms with Crippen LogP contribution >= 0.6 is 58.1 Å². The lowest BCUT2D eigenvalue weighted by atomic mass is 10.2. The predicted molar refractivity (Wildman–Crippen MR) is 122 cm³/mol. The fourth-order valence-corrected chi connectivity index (χ4v) is 5.40. The van der Waals surface area contributed by atoms with E-state index in [0.29, 0.717) is 30.3 Å². The average molecular weight is 483 g/mol. The monoisotopic (exact) mass is 482 g/mol. The van der Waals surface area contributed by atoms with Gasteiger partial charge in [-0.3, -0.25) is 20.2 Å². The van der Waals surface area contributed by atoms with Crippen molar-refractivity contribution in [3.63, 3.8) is 0 Å². The second-order valence-corrected chi connectivity index (χ2v) is 9.03. The summed E-state index contributed by atoms with van der Waals surface area (Å²) < 4.78 is 1.42. The summed E-state index contributed by atoms with van der Waals surface area (Å²) in [6, 6.07) is 9.56. The van der Waals surface area contributed by atoms with E-state index in [1.165, 1.54) is 34.8 Å². The number of thiocarbonyl (C=S) groups is 1. The van der Waals surface area contributed by atoms with E-state index in [1.54, 1.807) is 24.3 Å². The molecule has 2 N–H and O–H groups in total. The normalized spacial score (nSPS) is 11.0. The van der Waals surface area contributed by atoms with Gasteiger partial charge in [-0.2, -0.15) is 0 Å². The molecule has 0 bridgehead atoms. The Morgan fingerprint density at radius 3 is 2.69 bits per heavy atom. The van der Waals surface area contributed by atoms with Crippen molar-refractivity contribution in [2.75, 3.05) is 5.32 Å². The molecule has 0 saturated carbocycles. The number of nitro groups is 1. The predicted octanol–water partition coefficient (Wildman–Crippen LogP) is 5.85. The number of carbonyl (C=O) groups is 1. The maximum Gasteiger partial charge on any atom is 0.270 e. The summed E-state index contributed by atoms with van der Waals surface area (Å²) >= 11 is 19.9. The van der Waals surface area contributed by atoms with Crippen molar-refractivity contribution >= 4 is 100 Å². The number of nitro benzene ring substituents is 1. The van der Waals surface area contributed by atoms with E-state index in [2.05, 4.69) is 15.6 Å². The molecule has 0 spiro atoms. The minimum atomic E-state index is -0.473. The highest BCUT2D eigenvalue weighted by Crippen LogP contribution is 2.36. The molecular formula is C17H8Cl2N4O3S3. The van der Waals surface area contributed by atoms with Crippen molar-refractivity contribution in [1.29, 1.82) is 0 Å². The minimum Gasteiger partial charge on any atom is -0.308 e. The van der Waals surface area contributed by atoms with E-state index in [-0.39, 0.29) is 10.8 Å². The molecule has 4 aromatic rings. The molecule has 1 amide bonds. The molecule has 29 heavy (non-hydrogen) atoms. The number of non-ortho nitro benzene ring substituents is 1. The lowest BCUT2D eigenvalue weighted by molar-refractivity contribution is -0.384. The Morgan fingerprint density at radius 1 is 1.14 bits per heavy atom. The second kappa shape index (κ2) is 7.81. The van der Waals surface area contributed by atoms with E-state index in [4.69, 9.17) is 35.4 Å². The van der Waals surface area contributed by atoms with Gasteiger partial charge in [0.15, 0.2) is 10.2 Å². The van der Waals surface area contributed by atoms with Crippen LogP contribution in [0, 0.1) is 10.1 Å². The zero-order valence-corrected chi connectivity index (χ0v) is 18.0. The molecule has 0 aliphatic carbocycles. The molecule has 0 fully saturated rings. The van der Waals surface area contributed by atoms with Gasteiger partial charge in [0, 0.05) is 27.2 Å². The largest absolute Gasteiger partial charge is 0.308 e. The summed E-state index contributed by atoms with van der Waals surface area (Å²) in [7, 11) is 0. The topological polar surface area (TPSA) is 97.2 Å². The summed E-state index contributed by atoms with van der Waals surface area (Å²) in [4.78, 5) is 27.6. The number of fused-ring (bicyclic) bond motifs is 2. The second-order valence-electron chi connectivity index (χ2n) is 5.72. The molecule has 12 heteroatoms. The zero-order valence-electron chi connectivity index (χ0n) is 14.1. The van der Waals surface area contributed by atoms with E-state index in [0.717, 1.165) is 10.1 Å². The maximum absolute atomic E-state index is 12.6. The Kier molecular flexibility index (Phi) is 5.36. The number of thiophene rings is 1. The van der Waals surface area contributed by atoms with Crippen LogP contribution in [0.4, 0.5) is 10.8 Å². The maximum atomic E-state index is 12.6. The van der Waals surface area contributed by atoms with Gasteiger partial charge in [0.1, 0.15) is 4.88 Å². The van der Waals surface area contributed by atoms with Crippen molar-refractivity contribution in [2.45, 2.75) is 0 Å². The van der Waals surface area contributed by atoms with Crippen molar-refractivity contribution < 1.29 is 9.72 Å². The Morgan fingerprint density at radius 2 is 1.93 bits per heavy atom. The molecule has 2 aromatic heterocycles. The Bertz CT molecular complexity index is 1320. The highest BCUT2D eigenvalue weighted by Gasteiger charge is 2.19. The van der Waals surface area contributed by atoms with E-state index >= 15 is 0 Å². The number of hydrogen-bond acceptors (Lipinski definition) is 7. The fraction of sp³-hybridized carbons (Fsp3) is 0. The van der Waals surface area contributed by atoms with Gasteiger partial charge in [0.25, 0.3) is 11.6 Å².